The molecule has 5 heteroatoms. The van der Waals surface area contributed by atoms with Crippen LogP contribution >= 0.6 is 0 Å². The molecule has 0 unspecified atom stereocenters. The van der Waals surface area contributed by atoms with E-state index in [1.54, 1.807) is 4.90 Å². The van der Waals surface area contributed by atoms with Gasteiger partial charge in [-0.2, -0.15) is 0 Å². The number of nitrogens with one attached hydrogen (secondary N) is 1. The fourth-order valence-corrected chi connectivity index (χ4v) is 3.96. The number of benzene rings is 3. The number of anilines is 2. The molecule has 0 aliphatic carbocycles. The van der Waals surface area contributed by atoms with E-state index in [-0.39, 0.29) is 11.9 Å². The molecule has 3 aromatic carbocycles. The van der Waals surface area contributed by atoms with Gasteiger partial charge in [0.05, 0.1) is 11.4 Å². The molecule has 31 heavy (non-hydrogen) atoms. The summed E-state index contributed by atoms with van der Waals surface area (Å²) in [5.41, 5.74) is 5.06. The van der Waals surface area contributed by atoms with Crippen LogP contribution in [0.5, 0.6) is 0 Å². The maximum Gasteiger partial charge on any atom is 0.324 e. The Hall–Kier alpha value is -3.60. The quantitative estimate of drug-likeness (QED) is 0.610. The highest BCUT2D eigenvalue weighted by Crippen LogP contribution is 2.31. The van der Waals surface area contributed by atoms with Crippen LogP contribution in [0.3, 0.4) is 0 Å². The number of carbonyl (C=O) groups is 2. The summed E-state index contributed by atoms with van der Waals surface area (Å²) in [6.45, 7) is 5.82. The van der Waals surface area contributed by atoms with E-state index < -0.39 is 0 Å². The van der Waals surface area contributed by atoms with E-state index in [1.165, 1.54) is 0 Å². The molecular weight excluding hydrogens is 386 g/mol. The van der Waals surface area contributed by atoms with Crippen LogP contribution in [-0.2, 0) is 6.54 Å². The van der Waals surface area contributed by atoms with Crippen LogP contribution in [-0.4, -0.2) is 29.9 Å². The lowest BCUT2D eigenvalue weighted by Gasteiger charge is -2.36. The Balaban J connectivity index is 1.59. The van der Waals surface area contributed by atoms with E-state index in [9.17, 15) is 9.59 Å². The first-order valence-corrected chi connectivity index (χ1v) is 10.6. The molecule has 1 saturated heterocycles. The molecule has 0 saturated carbocycles. The third kappa shape index (κ3) is 4.61. The molecule has 1 aliphatic heterocycles. The molecule has 0 aromatic heterocycles. The van der Waals surface area contributed by atoms with Crippen molar-refractivity contribution in [2.45, 2.75) is 26.8 Å². The van der Waals surface area contributed by atoms with Gasteiger partial charge in [-0.05, 0) is 55.2 Å². The highest BCUT2D eigenvalue weighted by molar-refractivity contribution is 6.08. The summed E-state index contributed by atoms with van der Waals surface area (Å²) in [5.74, 6) is -0.171. The van der Waals surface area contributed by atoms with Gasteiger partial charge in [0, 0.05) is 25.2 Å². The molecule has 5 nitrogen and oxygen atoms in total. The Bertz CT molecular complexity index is 1090. The van der Waals surface area contributed by atoms with Crippen molar-refractivity contribution in [2.75, 3.05) is 23.3 Å². The Kier molecular flexibility index (Phi) is 6.03. The van der Waals surface area contributed by atoms with Gasteiger partial charge in [-0.3, -0.25) is 9.69 Å². The van der Waals surface area contributed by atoms with Crippen LogP contribution in [0.4, 0.5) is 16.2 Å². The third-order valence-electron chi connectivity index (χ3n) is 5.61. The molecule has 1 N–H and O–H groups in total. The first kappa shape index (κ1) is 20.7. The molecule has 1 aliphatic rings. The average Bonchev–Trinajstić information content (AvgIpc) is 2.77. The highest BCUT2D eigenvalue weighted by atomic mass is 16.2. The van der Waals surface area contributed by atoms with Gasteiger partial charge in [-0.25, -0.2) is 4.79 Å². The van der Waals surface area contributed by atoms with Gasteiger partial charge in [0.25, 0.3) is 5.91 Å². The van der Waals surface area contributed by atoms with Crippen LogP contribution in [0.2, 0.25) is 0 Å². The number of carbonyl (C=O) groups excluding carboxylic acids is 2. The average molecular weight is 414 g/mol. The minimum Gasteiger partial charge on any atom is -0.320 e. The lowest BCUT2D eigenvalue weighted by atomic mass is 10.1. The molecule has 0 atom stereocenters. The van der Waals surface area contributed by atoms with Crippen molar-refractivity contribution < 1.29 is 9.59 Å². The summed E-state index contributed by atoms with van der Waals surface area (Å²) < 4.78 is 0. The van der Waals surface area contributed by atoms with Gasteiger partial charge >= 0.3 is 6.03 Å². The number of hydrogen-bond acceptors (Lipinski definition) is 2. The van der Waals surface area contributed by atoms with E-state index in [0.717, 1.165) is 35.3 Å². The van der Waals surface area contributed by atoms with Crippen LogP contribution in [0.1, 0.15) is 33.5 Å². The molecule has 3 amide bonds. The zero-order chi connectivity index (χ0) is 21.8. The van der Waals surface area contributed by atoms with Crippen molar-refractivity contribution in [1.82, 2.24) is 4.90 Å². The normalized spacial score (nSPS) is 13.9. The van der Waals surface area contributed by atoms with E-state index in [0.29, 0.717) is 24.3 Å². The molecule has 158 valence electrons. The van der Waals surface area contributed by atoms with Crippen molar-refractivity contribution in [3.05, 3.63) is 95.1 Å². The van der Waals surface area contributed by atoms with Gasteiger partial charge in [0.1, 0.15) is 0 Å². The Labute approximate surface area is 183 Å². The molecule has 4 rings (SSSR count). The van der Waals surface area contributed by atoms with Crippen molar-refractivity contribution in [2.24, 2.45) is 0 Å². The minimum atomic E-state index is -0.171. The fourth-order valence-electron chi connectivity index (χ4n) is 3.96. The van der Waals surface area contributed by atoms with E-state index in [2.05, 4.69) is 5.32 Å². The lowest BCUT2D eigenvalue weighted by molar-refractivity contribution is 0.102. The maximum absolute atomic E-state index is 13.3. The topological polar surface area (TPSA) is 52.6 Å². The number of nitrogens with zero attached hydrogens (tertiary/aromatic N) is 2. The van der Waals surface area contributed by atoms with Gasteiger partial charge in [0.2, 0.25) is 0 Å². The number of amides is 3. The zero-order valence-corrected chi connectivity index (χ0v) is 18.0. The SMILES string of the molecule is Cc1ccc(N2CCCN(Cc3ccccc3)C2=O)c(NC(=O)c2ccccc2C)c1. The summed E-state index contributed by atoms with van der Waals surface area (Å²) in [6, 6.07) is 23.3. The van der Waals surface area contributed by atoms with Gasteiger partial charge < -0.3 is 10.2 Å². The molecular formula is C26H27N3O2. The maximum atomic E-state index is 13.3. The van der Waals surface area contributed by atoms with Crippen molar-refractivity contribution >= 4 is 23.3 Å². The highest BCUT2D eigenvalue weighted by Gasteiger charge is 2.28. The van der Waals surface area contributed by atoms with E-state index in [4.69, 9.17) is 0 Å². The van der Waals surface area contributed by atoms with Crippen molar-refractivity contribution in [1.29, 1.82) is 0 Å². The Morgan fingerprint density at radius 3 is 2.45 bits per heavy atom. The first-order chi connectivity index (χ1) is 15.0. The number of urea groups is 1. The second-order valence-corrected chi connectivity index (χ2v) is 7.98. The predicted molar refractivity (Wildman–Crippen MR) is 125 cm³/mol. The van der Waals surface area contributed by atoms with Crippen LogP contribution < -0.4 is 10.2 Å². The van der Waals surface area contributed by atoms with Crippen LogP contribution in [0.15, 0.2) is 72.8 Å². The van der Waals surface area contributed by atoms with E-state index >= 15 is 0 Å². The van der Waals surface area contributed by atoms with Crippen LogP contribution in [0.25, 0.3) is 0 Å². The Morgan fingerprint density at radius 2 is 1.68 bits per heavy atom. The van der Waals surface area contributed by atoms with E-state index in [1.807, 2.05) is 91.5 Å². The second kappa shape index (κ2) is 9.04. The summed E-state index contributed by atoms with van der Waals surface area (Å²) in [6.07, 6.45) is 0.873. The number of rotatable bonds is 5. The summed E-state index contributed by atoms with van der Waals surface area (Å²) in [4.78, 5) is 29.9. The molecule has 0 bridgehead atoms. The Morgan fingerprint density at radius 1 is 0.935 bits per heavy atom. The monoisotopic (exact) mass is 413 g/mol. The van der Waals surface area contributed by atoms with Gasteiger partial charge in [-0.15, -0.1) is 0 Å². The third-order valence-corrected chi connectivity index (χ3v) is 5.61. The zero-order valence-electron chi connectivity index (χ0n) is 18.0. The standard InChI is InChI=1S/C26H27N3O2/c1-19-13-14-24(23(17-19)27-25(30)22-12-7-6-9-20(22)2)29-16-8-15-28(26(29)31)18-21-10-4-3-5-11-21/h3-7,9-14,17H,8,15-16,18H2,1-2H3,(H,27,30). The van der Waals surface area contributed by atoms with Crippen LogP contribution in [0, 0.1) is 13.8 Å². The van der Waals surface area contributed by atoms with Gasteiger partial charge in [-0.1, -0.05) is 54.6 Å². The smallest absolute Gasteiger partial charge is 0.320 e. The predicted octanol–water partition coefficient (Wildman–Crippen LogP) is 5.39. The lowest BCUT2D eigenvalue weighted by Crippen LogP contribution is -2.49. The molecule has 0 radical (unpaired) electrons. The molecule has 3 aromatic rings. The second-order valence-electron chi connectivity index (χ2n) is 7.98. The summed E-state index contributed by atoms with van der Waals surface area (Å²) in [5, 5.41) is 3.04. The largest absolute Gasteiger partial charge is 0.324 e. The molecule has 1 heterocycles. The van der Waals surface area contributed by atoms with Gasteiger partial charge in [0.15, 0.2) is 0 Å². The first-order valence-electron chi connectivity index (χ1n) is 10.6. The number of hydrogen-bond donors (Lipinski definition) is 1. The van der Waals surface area contributed by atoms with Crippen molar-refractivity contribution in [3.8, 4) is 0 Å². The molecule has 1 fully saturated rings. The van der Waals surface area contributed by atoms with Crippen molar-refractivity contribution in [3.63, 3.8) is 0 Å². The molecule has 0 spiro atoms. The summed E-state index contributed by atoms with van der Waals surface area (Å²) in [7, 11) is 0. The fraction of sp³-hybridized carbons (Fsp3) is 0.231. The summed E-state index contributed by atoms with van der Waals surface area (Å²) >= 11 is 0. The minimum absolute atomic E-state index is 0.0367. The number of aryl methyl sites for hydroxylation is 2.